The van der Waals surface area contributed by atoms with Crippen molar-refractivity contribution in [3.63, 3.8) is 0 Å². The largest absolute Gasteiger partial charge is 0.399 e. The fourth-order valence-corrected chi connectivity index (χ4v) is 5.10. The number of fused-ring (bicyclic) bond motifs is 1. The van der Waals surface area contributed by atoms with E-state index in [1.54, 1.807) is 47.4 Å². The summed E-state index contributed by atoms with van der Waals surface area (Å²) in [6, 6.07) is 17.7. The normalized spacial score (nSPS) is 13.9. The summed E-state index contributed by atoms with van der Waals surface area (Å²) in [5.41, 5.74) is 9.38. The van der Waals surface area contributed by atoms with E-state index in [-0.39, 0.29) is 16.6 Å². The van der Waals surface area contributed by atoms with Crippen molar-refractivity contribution in [1.29, 1.82) is 0 Å². The molecule has 5 rings (SSSR count). The Kier molecular flexibility index (Phi) is 4.74. The van der Waals surface area contributed by atoms with Gasteiger partial charge in [-0.3, -0.25) is 9.69 Å². The monoisotopic (exact) mass is 446 g/mol. The zero-order valence-electron chi connectivity index (χ0n) is 17.5. The van der Waals surface area contributed by atoms with Crippen LogP contribution >= 0.6 is 0 Å². The predicted octanol–water partition coefficient (Wildman–Crippen LogP) is 3.96. The van der Waals surface area contributed by atoms with Gasteiger partial charge in [-0.25, -0.2) is 17.4 Å². The van der Waals surface area contributed by atoms with Gasteiger partial charge in [-0.1, -0.05) is 29.8 Å². The van der Waals surface area contributed by atoms with Crippen LogP contribution in [0.3, 0.4) is 0 Å². The number of nitrogen functional groups attached to an aromatic ring is 1. The number of benzene rings is 2. The van der Waals surface area contributed by atoms with Crippen LogP contribution in [0.25, 0.3) is 22.2 Å². The quantitative estimate of drug-likeness (QED) is 0.357. The highest BCUT2D eigenvalue weighted by atomic mass is 32.2. The van der Waals surface area contributed by atoms with Crippen molar-refractivity contribution < 1.29 is 13.2 Å². The first kappa shape index (κ1) is 20.3. The van der Waals surface area contributed by atoms with Crippen LogP contribution in [0.4, 0.5) is 11.5 Å². The van der Waals surface area contributed by atoms with Crippen LogP contribution in [0.5, 0.6) is 0 Å². The first-order chi connectivity index (χ1) is 15.4. The second-order valence-corrected chi connectivity index (χ2v) is 9.88. The molecule has 7 nitrogen and oxygen atoms in total. The molecule has 2 heterocycles. The highest BCUT2D eigenvalue weighted by molar-refractivity contribution is 7.90. The second-order valence-electron chi connectivity index (χ2n) is 8.06. The molecular formula is C24H22N4O3S. The Balaban J connectivity index is 1.75. The van der Waals surface area contributed by atoms with Crippen LogP contribution in [-0.4, -0.2) is 29.8 Å². The molecule has 0 aliphatic heterocycles. The molecule has 2 N–H and O–H groups in total. The number of rotatable bonds is 6. The minimum atomic E-state index is -3.87. The second kappa shape index (κ2) is 7.49. The Morgan fingerprint density at radius 2 is 1.75 bits per heavy atom. The van der Waals surface area contributed by atoms with Crippen LogP contribution in [0, 0.1) is 6.92 Å². The molecule has 4 aromatic rings. The number of anilines is 2. The molecule has 0 bridgehead atoms. The maximum Gasteiger partial charge on any atom is 0.269 e. The fraction of sp³-hybridized carbons (Fsp3) is 0.167. The van der Waals surface area contributed by atoms with Gasteiger partial charge in [0.05, 0.1) is 4.90 Å². The maximum atomic E-state index is 13.4. The summed E-state index contributed by atoms with van der Waals surface area (Å²) >= 11 is 0. The molecule has 1 fully saturated rings. The molecule has 1 amide bonds. The predicted molar refractivity (Wildman–Crippen MR) is 125 cm³/mol. The molecule has 0 radical (unpaired) electrons. The average molecular weight is 447 g/mol. The van der Waals surface area contributed by atoms with Crippen molar-refractivity contribution >= 4 is 39.0 Å². The van der Waals surface area contributed by atoms with Gasteiger partial charge in [0.1, 0.15) is 5.82 Å². The van der Waals surface area contributed by atoms with Gasteiger partial charge in [-0.2, -0.15) is 0 Å². The summed E-state index contributed by atoms with van der Waals surface area (Å²) in [4.78, 5) is 18.2. The van der Waals surface area contributed by atoms with Crippen LogP contribution in [0.2, 0.25) is 0 Å². The zero-order chi connectivity index (χ0) is 22.5. The number of pyridine rings is 1. The van der Waals surface area contributed by atoms with Crippen molar-refractivity contribution in [1.82, 2.24) is 8.96 Å². The minimum Gasteiger partial charge on any atom is -0.399 e. The van der Waals surface area contributed by atoms with Crippen molar-refractivity contribution in [2.24, 2.45) is 0 Å². The molecule has 8 heteroatoms. The van der Waals surface area contributed by atoms with Gasteiger partial charge in [0.25, 0.3) is 10.0 Å². The number of hydrogen-bond acceptors (Lipinski definition) is 5. The molecule has 0 unspecified atom stereocenters. The van der Waals surface area contributed by atoms with Crippen LogP contribution < -0.4 is 10.6 Å². The van der Waals surface area contributed by atoms with Gasteiger partial charge in [-0.15, -0.1) is 0 Å². The number of aromatic nitrogens is 2. The number of nitrogens with two attached hydrogens (primary N) is 1. The molecule has 32 heavy (non-hydrogen) atoms. The highest BCUT2D eigenvalue weighted by Crippen LogP contribution is 2.36. The van der Waals surface area contributed by atoms with Gasteiger partial charge in [0, 0.05) is 23.3 Å². The molecule has 1 aliphatic carbocycles. The minimum absolute atomic E-state index is 0.0915. The summed E-state index contributed by atoms with van der Waals surface area (Å²) in [6.45, 7) is 1.90. The molecular weight excluding hydrogens is 424 g/mol. The van der Waals surface area contributed by atoms with Crippen molar-refractivity contribution in [2.75, 3.05) is 10.6 Å². The van der Waals surface area contributed by atoms with Crippen molar-refractivity contribution in [3.05, 3.63) is 72.4 Å². The highest BCUT2D eigenvalue weighted by Gasteiger charge is 2.31. The van der Waals surface area contributed by atoms with Gasteiger partial charge < -0.3 is 5.73 Å². The summed E-state index contributed by atoms with van der Waals surface area (Å²) in [7, 11) is -3.87. The molecule has 0 saturated heterocycles. The standard InChI is InChI=1S/C24H22N4O3S/c1-16-2-10-20(11-3-16)32(30,31)28-13-12-21-22(17-4-6-18(25)7-5-17)14-23(26-24(21)28)27(15-29)19-8-9-19/h2-7,10-15,19H,8-9,25H2,1H3. The Hall–Kier alpha value is -3.65. The zero-order valence-corrected chi connectivity index (χ0v) is 18.3. The average Bonchev–Trinajstić information content (AvgIpc) is 3.52. The molecule has 0 atom stereocenters. The van der Waals surface area contributed by atoms with E-state index < -0.39 is 10.0 Å². The van der Waals surface area contributed by atoms with Gasteiger partial charge in [0.15, 0.2) is 5.65 Å². The van der Waals surface area contributed by atoms with Crippen LogP contribution in [0.15, 0.2) is 71.8 Å². The number of aryl methyl sites for hydroxylation is 1. The third kappa shape index (κ3) is 3.42. The molecule has 2 aromatic carbocycles. The topological polar surface area (TPSA) is 98.3 Å². The van der Waals surface area contributed by atoms with E-state index in [1.807, 2.05) is 25.1 Å². The summed E-state index contributed by atoms with van der Waals surface area (Å²) in [6.07, 6.45) is 4.08. The Bertz CT molecular complexity index is 1420. The first-order valence-electron chi connectivity index (χ1n) is 10.3. The van der Waals surface area contributed by atoms with Gasteiger partial charge in [0.2, 0.25) is 6.41 Å². The number of nitrogens with zero attached hydrogens (tertiary/aromatic N) is 3. The van der Waals surface area contributed by atoms with Gasteiger partial charge in [-0.05, 0) is 67.3 Å². The van der Waals surface area contributed by atoms with Crippen molar-refractivity contribution in [2.45, 2.75) is 30.7 Å². The third-order valence-electron chi connectivity index (χ3n) is 5.73. The van der Waals surface area contributed by atoms with E-state index in [2.05, 4.69) is 4.98 Å². The number of hydrogen-bond donors (Lipinski definition) is 1. The number of carbonyl (C=O) groups excluding carboxylic acids is 1. The van der Waals surface area contributed by atoms with E-state index in [4.69, 9.17) is 5.73 Å². The lowest BCUT2D eigenvalue weighted by Crippen LogP contribution is -2.25. The molecule has 2 aromatic heterocycles. The lowest BCUT2D eigenvalue weighted by Gasteiger charge is -2.18. The lowest BCUT2D eigenvalue weighted by atomic mass is 10.0. The number of amides is 1. The smallest absolute Gasteiger partial charge is 0.269 e. The van der Waals surface area contributed by atoms with Crippen LogP contribution in [0.1, 0.15) is 18.4 Å². The number of carbonyl (C=O) groups is 1. The molecule has 1 aliphatic rings. The van der Waals surface area contributed by atoms with E-state index in [0.717, 1.165) is 35.9 Å². The summed E-state index contributed by atoms with van der Waals surface area (Å²) in [5.74, 6) is 0.431. The lowest BCUT2D eigenvalue weighted by molar-refractivity contribution is -0.107. The summed E-state index contributed by atoms with van der Waals surface area (Å²) < 4.78 is 28.1. The van der Waals surface area contributed by atoms with E-state index in [0.29, 0.717) is 16.9 Å². The Morgan fingerprint density at radius 3 is 2.38 bits per heavy atom. The Morgan fingerprint density at radius 1 is 1.06 bits per heavy atom. The SMILES string of the molecule is Cc1ccc(S(=O)(=O)n2ccc3c(-c4ccc(N)cc4)cc(N(C=O)C4CC4)nc32)cc1. The van der Waals surface area contributed by atoms with E-state index in [9.17, 15) is 13.2 Å². The molecule has 162 valence electrons. The third-order valence-corrected chi connectivity index (χ3v) is 7.41. The van der Waals surface area contributed by atoms with Gasteiger partial charge >= 0.3 is 0 Å². The fourth-order valence-electron chi connectivity index (χ4n) is 3.80. The van der Waals surface area contributed by atoms with Crippen LogP contribution in [-0.2, 0) is 14.8 Å². The maximum absolute atomic E-state index is 13.4. The molecule has 1 saturated carbocycles. The first-order valence-corrected chi connectivity index (χ1v) is 11.8. The van der Waals surface area contributed by atoms with E-state index in [1.165, 1.54) is 10.2 Å². The summed E-state index contributed by atoms with van der Waals surface area (Å²) in [5, 5.41) is 0.677. The van der Waals surface area contributed by atoms with Crippen molar-refractivity contribution in [3.8, 4) is 11.1 Å². The van der Waals surface area contributed by atoms with E-state index >= 15 is 0 Å². The Labute approximate surface area is 186 Å². The molecule has 0 spiro atoms.